The van der Waals surface area contributed by atoms with Crippen molar-refractivity contribution in [1.82, 2.24) is 15.5 Å². The van der Waals surface area contributed by atoms with Crippen molar-refractivity contribution in [2.45, 2.75) is 90.3 Å². The number of fused-ring (bicyclic) bond motifs is 1. The molecule has 2 heterocycles. The van der Waals surface area contributed by atoms with E-state index in [1.54, 1.807) is 50.2 Å². The van der Waals surface area contributed by atoms with Gasteiger partial charge < -0.3 is 34.9 Å². The summed E-state index contributed by atoms with van der Waals surface area (Å²) in [5.41, 5.74) is 2.31. The number of benzene rings is 2. The number of nitrogens with one attached hydrogen (secondary N) is 3. The van der Waals surface area contributed by atoms with E-state index in [0.717, 1.165) is 5.57 Å². The fourth-order valence-electron chi connectivity index (χ4n) is 6.62. The van der Waals surface area contributed by atoms with E-state index in [0.29, 0.717) is 29.7 Å². The minimum absolute atomic E-state index is 0.00768. The van der Waals surface area contributed by atoms with Crippen LogP contribution in [-0.2, 0) is 39.2 Å². The molecular formula is C37H48N4O9. The van der Waals surface area contributed by atoms with Crippen molar-refractivity contribution in [3.8, 4) is 5.75 Å². The van der Waals surface area contributed by atoms with Gasteiger partial charge in [-0.3, -0.25) is 24.5 Å². The molecule has 0 bridgehead atoms. The molecule has 0 radical (unpaired) electrons. The molecule has 0 spiro atoms. The highest BCUT2D eigenvalue weighted by Gasteiger charge is 2.48. The number of allylic oxidation sites excluding steroid dienone is 2. The number of nitrogens with zero attached hydrogens (tertiary/aromatic N) is 1. The van der Waals surface area contributed by atoms with Crippen molar-refractivity contribution in [2.75, 3.05) is 19.5 Å². The van der Waals surface area contributed by atoms with Gasteiger partial charge in [-0.1, -0.05) is 55.8 Å². The van der Waals surface area contributed by atoms with Gasteiger partial charge in [-0.05, 0) is 63.3 Å². The number of ether oxygens (including phenoxy) is 3. The Balaban J connectivity index is 1.78. The van der Waals surface area contributed by atoms with Gasteiger partial charge in [0.25, 0.3) is 0 Å². The molecule has 4 rings (SSSR count). The standard InChI is InChI=1S/C37H48N4O9/c1-21-16-22(2)18-24(4)49-32(43)19-30(26-12-14-27(42)15-13-26)39-34(45)31(41(6)35(46)25(5)38-33(44)23(3)17-21)20-37(48-7)28-10-8-9-11-29(28)40-36(47)50-37/h8-16,22-25,30-31,42H,17-20H2,1-7H3,(H,38,44)(H,39,45)(H,40,47)/t22-,23-,24-,25-,30+,31-,37-/m0/s1. The molecular weight excluding hydrogens is 644 g/mol. The van der Waals surface area contributed by atoms with Crippen LogP contribution in [0.5, 0.6) is 5.75 Å². The smallest absolute Gasteiger partial charge is 0.414 e. The van der Waals surface area contributed by atoms with Crippen LogP contribution < -0.4 is 16.0 Å². The van der Waals surface area contributed by atoms with Crippen LogP contribution in [0.15, 0.2) is 60.2 Å². The molecule has 0 unspecified atom stereocenters. The number of carbonyl (C=O) groups is 5. The Bertz CT molecular complexity index is 1610. The average molecular weight is 693 g/mol. The summed E-state index contributed by atoms with van der Waals surface area (Å²) in [6.45, 7) is 9.04. The maximum absolute atomic E-state index is 14.4. The van der Waals surface area contributed by atoms with Crippen LogP contribution in [0.25, 0.3) is 0 Å². The monoisotopic (exact) mass is 692 g/mol. The number of esters is 1. The number of aromatic hydroxyl groups is 1. The number of methoxy groups -OCH3 is 1. The second-order valence-corrected chi connectivity index (χ2v) is 13.4. The molecule has 2 aromatic rings. The molecule has 0 aliphatic carbocycles. The predicted molar refractivity (Wildman–Crippen MR) is 184 cm³/mol. The summed E-state index contributed by atoms with van der Waals surface area (Å²) in [6.07, 6.45) is 1.17. The molecule has 0 aromatic heterocycles. The number of amides is 4. The fraction of sp³-hybridized carbons (Fsp3) is 0.486. The highest BCUT2D eigenvalue weighted by Crippen LogP contribution is 2.41. The van der Waals surface area contributed by atoms with E-state index in [1.807, 2.05) is 19.9 Å². The van der Waals surface area contributed by atoms with E-state index in [9.17, 15) is 29.1 Å². The number of phenolic OH excluding ortho intramolecular Hbond substituents is 1. The average Bonchev–Trinajstić information content (AvgIpc) is 3.05. The molecule has 2 aliphatic rings. The molecule has 270 valence electrons. The first-order chi connectivity index (χ1) is 23.6. The van der Waals surface area contributed by atoms with Gasteiger partial charge in [0.05, 0.1) is 24.3 Å². The van der Waals surface area contributed by atoms with E-state index in [1.165, 1.54) is 38.1 Å². The van der Waals surface area contributed by atoms with E-state index in [2.05, 4.69) is 16.0 Å². The largest absolute Gasteiger partial charge is 0.508 e. The first kappa shape index (κ1) is 37.9. The van der Waals surface area contributed by atoms with E-state index < -0.39 is 59.8 Å². The molecule has 0 fully saturated rings. The Labute approximate surface area is 292 Å². The lowest BCUT2D eigenvalue weighted by Gasteiger charge is -2.41. The Hall–Kier alpha value is -4.91. The van der Waals surface area contributed by atoms with Crippen molar-refractivity contribution in [1.29, 1.82) is 0 Å². The number of carbonyl (C=O) groups excluding carboxylic acids is 5. The van der Waals surface area contributed by atoms with Gasteiger partial charge in [-0.15, -0.1) is 0 Å². The summed E-state index contributed by atoms with van der Waals surface area (Å²) in [4.78, 5) is 68.9. The number of phenols is 1. The van der Waals surface area contributed by atoms with E-state index >= 15 is 0 Å². The van der Waals surface area contributed by atoms with Crippen molar-refractivity contribution in [2.24, 2.45) is 11.8 Å². The first-order valence-corrected chi connectivity index (χ1v) is 16.8. The minimum atomic E-state index is -1.80. The number of hydrogen-bond acceptors (Lipinski definition) is 9. The number of cyclic esters (lactones) is 2. The molecule has 2 aromatic carbocycles. The lowest BCUT2D eigenvalue weighted by atomic mass is 9.93. The number of anilines is 1. The molecule has 13 heteroatoms. The second kappa shape index (κ2) is 16.2. The van der Waals surface area contributed by atoms with Gasteiger partial charge in [-0.25, -0.2) is 4.79 Å². The molecule has 4 amide bonds. The third-order valence-electron chi connectivity index (χ3n) is 9.13. The summed E-state index contributed by atoms with van der Waals surface area (Å²) in [5.74, 6) is -4.39. The van der Waals surface area contributed by atoms with Crippen LogP contribution in [0, 0.1) is 11.8 Å². The SMILES string of the molecule is CO[C@@]1(C[C@H]2C(=O)N[C@@H](c3ccc(O)cc3)CC(=O)O[C@@H](C)C[C@@H](C)C=C(C)C[C@H](C)C(=O)N[C@@H](C)C(=O)N2C)OC(=O)Nc2ccccc21. The van der Waals surface area contributed by atoms with Crippen LogP contribution in [0.4, 0.5) is 10.5 Å². The number of para-hydroxylation sites is 1. The van der Waals surface area contributed by atoms with Crippen molar-refractivity contribution < 1.29 is 43.3 Å². The van der Waals surface area contributed by atoms with E-state index in [4.69, 9.17) is 14.2 Å². The lowest BCUT2D eigenvalue weighted by Crippen LogP contribution is -2.57. The van der Waals surface area contributed by atoms with Gasteiger partial charge in [-0.2, -0.15) is 0 Å². The van der Waals surface area contributed by atoms with Crippen LogP contribution in [-0.4, -0.2) is 72.1 Å². The lowest BCUT2D eigenvalue weighted by molar-refractivity contribution is -0.206. The Morgan fingerprint density at radius 1 is 0.940 bits per heavy atom. The van der Waals surface area contributed by atoms with Gasteiger partial charge in [0.15, 0.2) is 0 Å². The Morgan fingerprint density at radius 3 is 2.30 bits per heavy atom. The van der Waals surface area contributed by atoms with Crippen LogP contribution in [0.1, 0.15) is 77.5 Å². The summed E-state index contributed by atoms with van der Waals surface area (Å²) < 4.78 is 17.3. The topological polar surface area (TPSA) is 173 Å². The number of hydrogen-bond donors (Lipinski definition) is 4. The predicted octanol–water partition coefficient (Wildman–Crippen LogP) is 4.67. The normalized spacial score (nSPS) is 29.1. The maximum atomic E-state index is 14.4. The molecule has 13 nitrogen and oxygen atoms in total. The van der Waals surface area contributed by atoms with Crippen LogP contribution in [0.3, 0.4) is 0 Å². The van der Waals surface area contributed by atoms with Crippen molar-refractivity contribution in [3.63, 3.8) is 0 Å². The Kier molecular flexibility index (Phi) is 12.3. The van der Waals surface area contributed by atoms with E-state index in [-0.39, 0.29) is 30.4 Å². The van der Waals surface area contributed by atoms with Gasteiger partial charge >= 0.3 is 12.1 Å². The summed E-state index contributed by atoms with van der Waals surface area (Å²) in [6, 6.07) is 9.49. The van der Waals surface area contributed by atoms with Gasteiger partial charge in [0.2, 0.25) is 23.5 Å². The second-order valence-electron chi connectivity index (χ2n) is 13.4. The van der Waals surface area contributed by atoms with Crippen molar-refractivity contribution in [3.05, 3.63) is 71.3 Å². The summed E-state index contributed by atoms with van der Waals surface area (Å²) in [5, 5.41) is 18.3. The zero-order valence-electron chi connectivity index (χ0n) is 29.6. The molecule has 0 saturated heterocycles. The third-order valence-corrected chi connectivity index (χ3v) is 9.13. The molecule has 4 N–H and O–H groups in total. The highest BCUT2D eigenvalue weighted by molar-refractivity contribution is 5.93. The first-order valence-electron chi connectivity index (χ1n) is 16.8. The zero-order valence-corrected chi connectivity index (χ0v) is 29.6. The maximum Gasteiger partial charge on any atom is 0.414 e. The molecule has 0 saturated carbocycles. The van der Waals surface area contributed by atoms with Crippen LogP contribution >= 0.6 is 0 Å². The van der Waals surface area contributed by atoms with Gasteiger partial charge in [0, 0.05) is 32.1 Å². The minimum Gasteiger partial charge on any atom is -0.508 e. The Morgan fingerprint density at radius 2 is 1.62 bits per heavy atom. The zero-order chi connectivity index (χ0) is 36.7. The number of rotatable bonds is 4. The quantitative estimate of drug-likeness (QED) is 0.263. The highest BCUT2D eigenvalue weighted by atomic mass is 16.7. The summed E-state index contributed by atoms with van der Waals surface area (Å²) >= 11 is 0. The molecule has 2 aliphatic heterocycles. The van der Waals surface area contributed by atoms with Crippen LogP contribution in [0.2, 0.25) is 0 Å². The van der Waals surface area contributed by atoms with Crippen molar-refractivity contribution >= 4 is 35.5 Å². The summed E-state index contributed by atoms with van der Waals surface area (Å²) in [7, 11) is 2.75. The molecule has 50 heavy (non-hydrogen) atoms. The number of likely N-dealkylation sites (N-methyl/N-ethyl adjacent to an activating group) is 1. The van der Waals surface area contributed by atoms with Gasteiger partial charge in [0.1, 0.15) is 17.8 Å². The fourth-order valence-corrected chi connectivity index (χ4v) is 6.62. The molecule has 7 atom stereocenters. The third kappa shape index (κ3) is 9.20.